The molecular weight excluding hydrogens is 322 g/mol. The van der Waals surface area contributed by atoms with Gasteiger partial charge in [0.25, 0.3) is 0 Å². The maximum Gasteiger partial charge on any atom is 0.224 e. The Kier molecular flexibility index (Phi) is 12.2. The summed E-state index contributed by atoms with van der Waals surface area (Å²) in [6.45, 7) is 3.80. The summed E-state index contributed by atoms with van der Waals surface area (Å²) in [7, 11) is 1.64. The van der Waals surface area contributed by atoms with Crippen molar-refractivity contribution in [2.75, 3.05) is 58.7 Å². The molecule has 1 amide bonds. The predicted molar refractivity (Wildman–Crippen MR) is 96.6 cm³/mol. The van der Waals surface area contributed by atoms with Gasteiger partial charge in [-0.1, -0.05) is 5.92 Å². The van der Waals surface area contributed by atoms with Crippen molar-refractivity contribution in [3.8, 4) is 12.3 Å². The van der Waals surface area contributed by atoms with E-state index in [1.54, 1.807) is 31.4 Å². The number of methoxy groups -OCH3 is 1. The molecule has 0 saturated heterocycles. The van der Waals surface area contributed by atoms with Gasteiger partial charge < -0.3 is 24.3 Å². The molecule has 0 saturated carbocycles. The van der Waals surface area contributed by atoms with Gasteiger partial charge in [0.15, 0.2) is 0 Å². The molecule has 1 aromatic rings. The first-order valence-electron chi connectivity index (χ1n) is 8.35. The van der Waals surface area contributed by atoms with E-state index in [4.69, 9.17) is 25.4 Å². The number of amides is 1. The van der Waals surface area contributed by atoms with Crippen LogP contribution in [-0.4, -0.2) is 59.3 Å². The molecule has 1 N–H and O–H groups in total. The van der Waals surface area contributed by atoms with Crippen LogP contribution < -0.4 is 5.32 Å². The summed E-state index contributed by atoms with van der Waals surface area (Å²) in [6.07, 6.45) is 6.36. The molecule has 0 radical (unpaired) electrons. The lowest BCUT2D eigenvalue weighted by atomic mass is 10.2. The molecule has 0 aromatic heterocycles. The first-order chi connectivity index (χ1) is 12.3. The number of hydrogen-bond donors (Lipinski definition) is 1. The van der Waals surface area contributed by atoms with E-state index < -0.39 is 0 Å². The van der Waals surface area contributed by atoms with Crippen molar-refractivity contribution in [3.05, 3.63) is 29.8 Å². The number of carbonyl (C=O) groups is 1. The molecule has 0 unspecified atom stereocenters. The summed E-state index contributed by atoms with van der Waals surface area (Å²) >= 11 is 0. The van der Waals surface area contributed by atoms with Crippen LogP contribution in [0.4, 0.5) is 5.69 Å². The van der Waals surface area contributed by atoms with E-state index in [9.17, 15) is 4.79 Å². The SMILES string of the molecule is C#Cc1ccc(NC(=O)CCCOCCOCCOCCOC)cc1. The number of rotatable bonds is 14. The lowest BCUT2D eigenvalue weighted by molar-refractivity contribution is -0.116. The molecule has 0 spiro atoms. The maximum absolute atomic E-state index is 11.8. The number of benzene rings is 1. The van der Waals surface area contributed by atoms with Gasteiger partial charge in [0.05, 0.1) is 39.6 Å². The molecule has 0 aliphatic heterocycles. The van der Waals surface area contributed by atoms with Crippen molar-refractivity contribution in [3.63, 3.8) is 0 Å². The van der Waals surface area contributed by atoms with Gasteiger partial charge in [0.1, 0.15) is 0 Å². The zero-order valence-corrected chi connectivity index (χ0v) is 14.8. The fourth-order valence-electron chi connectivity index (χ4n) is 1.89. The molecule has 6 heteroatoms. The third-order valence-electron chi connectivity index (χ3n) is 3.20. The van der Waals surface area contributed by atoms with Gasteiger partial charge in [0.2, 0.25) is 5.91 Å². The van der Waals surface area contributed by atoms with Gasteiger partial charge >= 0.3 is 0 Å². The minimum Gasteiger partial charge on any atom is -0.382 e. The molecule has 1 aromatic carbocycles. The van der Waals surface area contributed by atoms with Crippen LogP contribution in [0.25, 0.3) is 0 Å². The topological polar surface area (TPSA) is 66.0 Å². The number of terminal acetylenes is 1. The maximum atomic E-state index is 11.8. The molecule has 0 fully saturated rings. The average molecular weight is 349 g/mol. The zero-order valence-electron chi connectivity index (χ0n) is 14.8. The first kappa shape index (κ1) is 21.1. The summed E-state index contributed by atoms with van der Waals surface area (Å²) in [5.41, 5.74) is 1.53. The van der Waals surface area contributed by atoms with Crippen LogP contribution in [0.1, 0.15) is 18.4 Å². The highest BCUT2D eigenvalue weighted by atomic mass is 16.6. The highest BCUT2D eigenvalue weighted by Gasteiger charge is 2.02. The van der Waals surface area contributed by atoms with E-state index in [2.05, 4.69) is 11.2 Å². The van der Waals surface area contributed by atoms with Crippen LogP contribution >= 0.6 is 0 Å². The smallest absolute Gasteiger partial charge is 0.224 e. The Morgan fingerprint density at radius 3 is 2.08 bits per heavy atom. The van der Waals surface area contributed by atoms with E-state index >= 15 is 0 Å². The fraction of sp³-hybridized carbons (Fsp3) is 0.526. The van der Waals surface area contributed by atoms with E-state index in [1.807, 2.05) is 0 Å². The van der Waals surface area contributed by atoms with Crippen LogP contribution in [0, 0.1) is 12.3 Å². The van der Waals surface area contributed by atoms with Gasteiger partial charge in [-0.05, 0) is 30.7 Å². The Morgan fingerprint density at radius 1 is 0.960 bits per heavy atom. The van der Waals surface area contributed by atoms with E-state index in [-0.39, 0.29) is 5.91 Å². The van der Waals surface area contributed by atoms with Gasteiger partial charge in [0, 0.05) is 31.4 Å². The van der Waals surface area contributed by atoms with Gasteiger partial charge in [-0.3, -0.25) is 4.79 Å². The van der Waals surface area contributed by atoms with E-state index in [0.29, 0.717) is 59.1 Å². The second-order valence-electron chi connectivity index (χ2n) is 5.20. The monoisotopic (exact) mass is 349 g/mol. The molecule has 138 valence electrons. The molecule has 0 atom stereocenters. The van der Waals surface area contributed by atoms with Gasteiger partial charge in [-0.15, -0.1) is 6.42 Å². The van der Waals surface area contributed by atoms with Crippen molar-refractivity contribution >= 4 is 11.6 Å². The second-order valence-corrected chi connectivity index (χ2v) is 5.20. The standard InChI is InChI=1S/C19H27NO5/c1-3-17-6-8-18(9-7-17)20-19(21)5-4-10-23-13-14-25-16-15-24-12-11-22-2/h1,6-9H,4-5,10-16H2,2H3,(H,20,21). The van der Waals surface area contributed by atoms with Crippen molar-refractivity contribution in [2.24, 2.45) is 0 Å². The molecule has 0 bridgehead atoms. The second kappa shape index (κ2) is 14.4. The van der Waals surface area contributed by atoms with Crippen molar-refractivity contribution < 1.29 is 23.7 Å². The highest BCUT2D eigenvalue weighted by molar-refractivity contribution is 5.90. The molecular formula is C19H27NO5. The molecule has 0 heterocycles. The lowest BCUT2D eigenvalue weighted by Crippen LogP contribution is -2.13. The molecule has 1 rings (SSSR count). The van der Waals surface area contributed by atoms with Crippen LogP contribution in [0.2, 0.25) is 0 Å². The minimum atomic E-state index is -0.0403. The van der Waals surface area contributed by atoms with Crippen molar-refractivity contribution in [1.29, 1.82) is 0 Å². The summed E-state index contributed by atoms with van der Waals surface area (Å²) in [6, 6.07) is 7.17. The van der Waals surface area contributed by atoms with Gasteiger partial charge in [-0.25, -0.2) is 0 Å². The Labute approximate surface area is 149 Å². The summed E-state index contributed by atoms with van der Waals surface area (Å²) in [5.74, 6) is 2.49. The largest absolute Gasteiger partial charge is 0.382 e. The van der Waals surface area contributed by atoms with E-state index in [1.165, 1.54) is 0 Å². The predicted octanol–water partition coefficient (Wildman–Crippen LogP) is 2.08. The summed E-state index contributed by atoms with van der Waals surface area (Å²) in [4.78, 5) is 11.8. The Hall–Kier alpha value is -1.91. The zero-order chi connectivity index (χ0) is 18.2. The highest BCUT2D eigenvalue weighted by Crippen LogP contribution is 2.09. The third kappa shape index (κ3) is 11.3. The average Bonchev–Trinajstić information content (AvgIpc) is 2.63. The number of carbonyl (C=O) groups excluding carboxylic acids is 1. The van der Waals surface area contributed by atoms with Crippen LogP contribution in [0.3, 0.4) is 0 Å². The molecule has 0 aliphatic carbocycles. The number of ether oxygens (including phenoxy) is 4. The first-order valence-corrected chi connectivity index (χ1v) is 8.35. The Morgan fingerprint density at radius 2 is 1.52 bits per heavy atom. The van der Waals surface area contributed by atoms with E-state index in [0.717, 1.165) is 11.3 Å². The van der Waals surface area contributed by atoms with Crippen LogP contribution in [0.5, 0.6) is 0 Å². The molecule has 6 nitrogen and oxygen atoms in total. The Bertz CT molecular complexity index is 510. The molecule has 0 aliphatic rings. The van der Waals surface area contributed by atoms with Crippen LogP contribution in [0.15, 0.2) is 24.3 Å². The van der Waals surface area contributed by atoms with Crippen LogP contribution in [-0.2, 0) is 23.7 Å². The Balaban J connectivity index is 1.92. The molecule has 25 heavy (non-hydrogen) atoms. The third-order valence-corrected chi connectivity index (χ3v) is 3.20. The fourth-order valence-corrected chi connectivity index (χ4v) is 1.89. The number of anilines is 1. The lowest BCUT2D eigenvalue weighted by Gasteiger charge is -2.07. The normalized spacial score (nSPS) is 10.4. The number of hydrogen-bond acceptors (Lipinski definition) is 5. The van der Waals surface area contributed by atoms with Crippen molar-refractivity contribution in [1.82, 2.24) is 0 Å². The number of nitrogens with one attached hydrogen (secondary N) is 1. The summed E-state index contributed by atoms with van der Waals surface area (Å²) in [5, 5.41) is 2.82. The quantitative estimate of drug-likeness (QED) is 0.411. The summed E-state index contributed by atoms with van der Waals surface area (Å²) < 4.78 is 20.9. The van der Waals surface area contributed by atoms with Crippen molar-refractivity contribution in [2.45, 2.75) is 12.8 Å². The minimum absolute atomic E-state index is 0.0403. The van der Waals surface area contributed by atoms with Gasteiger partial charge in [-0.2, -0.15) is 0 Å².